The SMILES string of the molecule is CSc1cccc(NC(=O)[C@@H](NC(=O)COc2ccccc2)C(C)C)c1. The van der Waals surface area contributed by atoms with Crippen LogP contribution in [0.2, 0.25) is 0 Å². The molecule has 0 radical (unpaired) electrons. The lowest BCUT2D eigenvalue weighted by Gasteiger charge is -2.22. The predicted molar refractivity (Wildman–Crippen MR) is 106 cm³/mol. The van der Waals surface area contributed by atoms with Gasteiger partial charge >= 0.3 is 0 Å². The first-order chi connectivity index (χ1) is 12.5. The lowest BCUT2D eigenvalue weighted by atomic mass is 10.0. The predicted octanol–water partition coefficient (Wildman–Crippen LogP) is 3.57. The molecule has 0 aliphatic carbocycles. The van der Waals surface area contributed by atoms with Gasteiger partial charge in [-0.2, -0.15) is 0 Å². The number of carbonyl (C=O) groups is 2. The molecule has 138 valence electrons. The molecule has 0 unspecified atom stereocenters. The molecule has 0 spiro atoms. The third-order valence-corrected chi connectivity index (χ3v) is 4.44. The number of hydrogen-bond donors (Lipinski definition) is 2. The second kappa shape index (κ2) is 9.87. The summed E-state index contributed by atoms with van der Waals surface area (Å²) in [6, 6.07) is 16.0. The number of ether oxygens (including phenoxy) is 1. The van der Waals surface area contributed by atoms with Crippen molar-refractivity contribution in [1.29, 1.82) is 0 Å². The molecule has 0 heterocycles. The monoisotopic (exact) mass is 372 g/mol. The molecule has 2 amide bonds. The Kier molecular flexibility index (Phi) is 7.53. The van der Waals surface area contributed by atoms with Gasteiger partial charge in [0.15, 0.2) is 6.61 Å². The summed E-state index contributed by atoms with van der Waals surface area (Å²) in [5.74, 6) is -0.0200. The number of rotatable bonds is 8. The molecular weight excluding hydrogens is 348 g/mol. The summed E-state index contributed by atoms with van der Waals surface area (Å²) in [7, 11) is 0. The zero-order valence-electron chi connectivity index (χ0n) is 15.2. The van der Waals surface area contributed by atoms with Crippen LogP contribution in [-0.2, 0) is 9.59 Å². The van der Waals surface area contributed by atoms with E-state index in [0.717, 1.165) is 4.90 Å². The van der Waals surface area contributed by atoms with Crippen molar-refractivity contribution in [2.45, 2.75) is 24.8 Å². The van der Waals surface area contributed by atoms with Crippen LogP contribution in [0.5, 0.6) is 5.75 Å². The van der Waals surface area contributed by atoms with E-state index in [1.807, 2.05) is 62.6 Å². The van der Waals surface area contributed by atoms with Crippen molar-refractivity contribution >= 4 is 29.3 Å². The van der Waals surface area contributed by atoms with E-state index < -0.39 is 6.04 Å². The van der Waals surface area contributed by atoms with Crippen LogP contribution in [0, 0.1) is 5.92 Å². The van der Waals surface area contributed by atoms with Gasteiger partial charge in [0.1, 0.15) is 11.8 Å². The van der Waals surface area contributed by atoms with Crippen molar-refractivity contribution in [3.8, 4) is 5.75 Å². The minimum absolute atomic E-state index is 0.0561. The molecule has 5 nitrogen and oxygen atoms in total. The molecule has 0 saturated carbocycles. The van der Waals surface area contributed by atoms with Gasteiger partial charge < -0.3 is 15.4 Å². The Hall–Kier alpha value is -2.47. The number of nitrogens with one attached hydrogen (secondary N) is 2. The van der Waals surface area contributed by atoms with Gasteiger partial charge in [-0.05, 0) is 42.5 Å². The molecule has 1 atom stereocenters. The maximum absolute atomic E-state index is 12.6. The lowest BCUT2D eigenvalue weighted by molar-refractivity contribution is -0.128. The molecule has 2 rings (SSSR count). The Bertz CT molecular complexity index is 735. The highest BCUT2D eigenvalue weighted by Crippen LogP contribution is 2.19. The zero-order valence-corrected chi connectivity index (χ0v) is 16.0. The summed E-state index contributed by atoms with van der Waals surface area (Å²) in [6.45, 7) is 3.64. The van der Waals surface area contributed by atoms with Gasteiger partial charge in [-0.1, -0.05) is 38.1 Å². The molecule has 2 aromatic carbocycles. The number of amides is 2. The molecule has 0 saturated heterocycles. The zero-order chi connectivity index (χ0) is 18.9. The topological polar surface area (TPSA) is 67.4 Å². The highest BCUT2D eigenvalue weighted by atomic mass is 32.2. The van der Waals surface area contributed by atoms with Gasteiger partial charge in [0.2, 0.25) is 5.91 Å². The van der Waals surface area contributed by atoms with Crippen molar-refractivity contribution in [1.82, 2.24) is 5.32 Å². The van der Waals surface area contributed by atoms with Crippen molar-refractivity contribution in [3.05, 3.63) is 54.6 Å². The first-order valence-corrected chi connectivity index (χ1v) is 9.64. The number of thioether (sulfide) groups is 1. The Morgan fingerprint density at radius 1 is 1.08 bits per heavy atom. The number of para-hydroxylation sites is 1. The molecular formula is C20H24N2O3S. The van der Waals surface area contributed by atoms with E-state index in [-0.39, 0.29) is 24.3 Å². The largest absolute Gasteiger partial charge is 0.484 e. The second-order valence-corrected chi connectivity index (χ2v) is 6.99. The minimum Gasteiger partial charge on any atom is -0.484 e. The van der Waals surface area contributed by atoms with E-state index in [0.29, 0.717) is 11.4 Å². The minimum atomic E-state index is -0.639. The van der Waals surface area contributed by atoms with E-state index in [1.165, 1.54) is 0 Å². The summed E-state index contributed by atoms with van der Waals surface area (Å²) in [5.41, 5.74) is 0.710. The Morgan fingerprint density at radius 2 is 1.81 bits per heavy atom. The highest BCUT2D eigenvalue weighted by molar-refractivity contribution is 7.98. The summed E-state index contributed by atoms with van der Waals surface area (Å²) in [6.07, 6.45) is 1.98. The molecule has 2 N–H and O–H groups in total. The van der Waals surface area contributed by atoms with Crippen LogP contribution in [-0.4, -0.2) is 30.7 Å². The van der Waals surface area contributed by atoms with Gasteiger partial charge in [-0.3, -0.25) is 9.59 Å². The second-order valence-electron chi connectivity index (χ2n) is 6.11. The number of carbonyl (C=O) groups excluding carboxylic acids is 2. The lowest BCUT2D eigenvalue weighted by Crippen LogP contribution is -2.48. The van der Waals surface area contributed by atoms with E-state index >= 15 is 0 Å². The van der Waals surface area contributed by atoms with Crippen LogP contribution in [0.3, 0.4) is 0 Å². The van der Waals surface area contributed by atoms with Gasteiger partial charge in [-0.15, -0.1) is 11.8 Å². The van der Waals surface area contributed by atoms with Crippen LogP contribution in [0.15, 0.2) is 59.5 Å². The number of benzene rings is 2. The van der Waals surface area contributed by atoms with E-state index in [9.17, 15) is 9.59 Å². The van der Waals surface area contributed by atoms with E-state index in [1.54, 1.807) is 23.9 Å². The quantitative estimate of drug-likeness (QED) is 0.695. The molecule has 0 aromatic heterocycles. The number of anilines is 1. The summed E-state index contributed by atoms with van der Waals surface area (Å²) in [4.78, 5) is 25.8. The first-order valence-electron chi connectivity index (χ1n) is 8.41. The highest BCUT2D eigenvalue weighted by Gasteiger charge is 2.24. The molecule has 6 heteroatoms. The van der Waals surface area contributed by atoms with Gasteiger partial charge in [-0.25, -0.2) is 0 Å². The van der Waals surface area contributed by atoms with Crippen LogP contribution < -0.4 is 15.4 Å². The van der Waals surface area contributed by atoms with Gasteiger partial charge in [0, 0.05) is 10.6 Å². The number of hydrogen-bond acceptors (Lipinski definition) is 4. The first kappa shape index (κ1) is 19.8. The molecule has 0 fully saturated rings. The molecule has 2 aromatic rings. The van der Waals surface area contributed by atoms with Crippen molar-refractivity contribution in [3.63, 3.8) is 0 Å². The average Bonchev–Trinajstić information content (AvgIpc) is 2.65. The van der Waals surface area contributed by atoms with E-state index in [2.05, 4.69) is 10.6 Å². The fourth-order valence-corrected chi connectivity index (χ4v) is 2.80. The average molecular weight is 372 g/mol. The fourth-order valence-electron chi connectivity index (χ4n) is 2.34. The van der Waals surface area contributed by atoms with Crippen LogP contribution in [0.25, 0.3) is 0 Å². The third kappa shape index (κ3) is 6.11. The summed E-state index contributed by atoms with van der Waals surface area (Å²) >= 11 is 1.60. The standard InChI is InChI=1S/C20H24N2O3S/c1-14(2)19(20(24)21-15-8-7-11-17(12-15)26-3)22-18(23)13-25-16-9-5-4-6-10-16/h4-12,14,19H,13H2,1-3H3,(H,21,24)(H,22,23)/t19-/m0/s1. The van der Waals surface area contributed by atoms with Gasteiger partial charge in [0.25, 0.3) is 5.91 Å². The molecule has 0 aliphatic heterocycles. The Balaban J connectivity index is 1.94. The Labute approximate surface area is 158 Å². The van der Waals surface area contributed by atoms with Crippen molar-refractivity contribution in [2.24, 2.45) is 5.92 Å². The van der Waals surface area contributed by atoms with Crippen molar-refractivity contribution < 1.29 is 14.3 Å². The smallest absolute Gasteiger partial charge is 0.258 e. The maximum Gasteiger partial charge on any atom is 0.258 e. The third-order valence-electron chi connectivity index (χ3n) is 3.72. The summed E-state index contributed by atoms with van der Waals surface area (Å²) in [5, 5.41) is 5.62. The van der Waals surface area contributed by atoms with Crippen LogP contribution >= 0.6 is 11.8 Å². The molecule has 0 bridgehead atoms. The molecule has 26 heavy (non-hydrogen) atoms. The van der Waals surface area contributed by atoms with Crippen LogP contribution in [0.4, 0.5) is 5.69 Å². The van der Waals surface area contributed by atoms with Gasteiger partial charge in [0.05, 0.1) is 0 Å². The van der Waals surface area contributed by atoms with E-state index in [4.69, 9.17) is 4.74 Å². The maximum atomic E-state index is 12.6. The molecule has 0 aliphatic rings. The summed E-state index contributed by atoms with van der Waals surface area (Å²) < 4.78 is 5.43. The fraction of sp³-hybridized carbons (Fsp3) is 0.300. The van der Waals surface area contributed by atoms with Crippen molar-refractivity contribution in [2.75, 3.05) is 18.2 Å². The Morgan fingerprint density at radius 3 is 2.46 bits per heavy atom. The van der Waals surface area contributed by atoms with Crippen LogP contribution in [0.1, 0.15) is 13.8 Å². The normalized spacial score (nSPS) is 11.7.